The average molecular weight is 525 g/mol. The molecule has 0 bridgehead atoms. The first-order valence-corrected chi connectivity index (χ1v) is 15.1. The Hall–Kier alpha value is -2.33. The van der Waals surface area contributed by atoms with Crippen LogP contribution in [0.25, 0.3) is 0 Å². The SMILES string of the molecule is CCCCCCCCCCCCCc1cccc(OC(C)COC(=O)CC[N+](C)(C)Cc2ccccc2)c1. The molecule has 0 N–H and O–H groups in total. The second kappa shape index (κ2) is 18.8. The number of nitrogens with zero attached hydrogens (tertiary/aromatic N) is 1. The lowest BCUT2D eigenvalue weighted by molar-refractivity contribution is -0.903. The number of carbonyl (C=O) groups excluding carboxylic acids is 1. The molecule has 0 fully saturated rings. The van der Waals surface area contributed by atoms with Gasteiger partial charge in [0.25, 0.3) is 0 Å². The fourth-order valence-corrected chi connectivity index (χ4v) is 4.87. The molecule has 0 saturated carbocycles. The number of aryl methyl sites for hydroxylation is 1. The van der Waals surface area contributed by atoms with Gasteiger partial charge >= 0.3 is 5.97 Å². The highest BCUT2D eigenvalue weighted by atomic mass is 16.6. The van der Waals surface area contributed by atoms with Gasteiger partial charge in [-0.1, -0.05) is 114 Å². The van der Waals surface area contributed by atoms with Crippen LogP contribution in [-0.4, -0.2) is 43.8 Å². The molecule has 2 aromatic rings. The summed E-state index contributed by atoms with van der Waals surface area (Å²) in [5, 5.41) is 0. The quantitative estimate of drug-likeness (QED) is 0.0932. The summed E-state index contributed by atoms with van der Waals surface area (Å²) < 4.78 is 12.3. The molecule has 38 heavy (non-hydrogen) atoms. The average Bonchev–Trinajstić information content (AvgIpc) is 2.90. The molecule has 0 amide bonds. The summed E-state index contributed by atoms with van der Waals surface area (Å²) >= 11 is 0. The van der Waals surface area contributed by atoms with Gasteiger partial charge in [-0.15, -0.1) is 0 Å². The van der Waals surface area contributed by atoms with Gasteiger partial charge < -0.3 is 14.0 Å². The van der Waals surface area contributed by atoms with Crippen molar-refractivity contribution in [1.29, 1.82) is 0 Å². The molecule has 4 heteroatoms. The van der Waals surface area contributed by atoms with Crippen LogP contribution < -0.4 is 4.74 Å². The smallest absolute Gasteiger partial charge is 0.311 e. The molecule has 0 aliphatic rings. The second-order valence-corrected chi connectivity index (χ2v) is 11.6. The minimum absolute atomic E-state index is 0.162. The zero-order valence-electron chi connectivity index (χ0n) is 24.8. The van der Waals surface area contributed by atoms with E-state index in [9.17, 15) is 4.79 Å². The molecule has 212 valence electrons. The fraction of sp³-hybridized carbons (Fsp3) is 0.618. The van der Waals surface area contributed by atoms with Gasteiger partial charge in [0, 0.05) is 5.56 Å². The highest BCUT2D eigenvalue weighted by Crippen LogP contribution is 2.18. The first kappa shape index (κ1) is 31.9. The summed E-state index contributed by atoms with van der Waals surface area (Å²) in [5.74, 6) is 0.694. The Morgan fingerprint density at radius 1 is 0.789 bits per heavy atom. The van der Waals surface area contributed by atoms with E-state index in [4.69, 9.17) is 9.47 Å². The summed E-state index contributed by atoms with van der Waals surface area (Å²) in [6, 6.07) is 18.8. The van der Waals surface area contributed by atoms with E-state index < -0.39 is 0 Å². The van der Waals surface area contributed by atoms with E-state index in [1.165, 1.54) is 81.8 Å². The minimum Gasteiger partial charge on any atom is -0.487 e. The lowest BCUT2D eigenvalue weighted by Gasteiger charge is -2.29. The molecule has 4 nitrogen and oxygen atoms in total. The van der Waals surface area contributed by atoms with Gasteiger partial charge in [0.2, 0.25) is 0 Å². The Balaban J connectivity index is 1.57. The van der Waals surface area contributed by atoms with Gasteiger partial charge in [-0.2, -0.15) is 0 Å². The Kier molecular flexibility index (Phi) is 15.8. The van der Waals surface area contributed by atoms with Gasteiger partial charge in [-0.3, -0.25) is 4.79 Å². The zero-order valence-corrected chi connectivity index (χ0v) is 24.8. The lowest BCUT2D eigenvalue weighted by Crippen LogP contribution is -2.40. The Bertz CT molecular complexity index is 880. The number of unbranched alkanes of at least 4 members (excludes halogenated alkanes) is 10. The van der Waals surface area contributed by atoms with E-state index in [0.717, 1.165) is 29.7 Å². The number of rotatable bonds is 21. The van der Waals surface area contributed by atoms with Crippen LogP contribution in [0, 0.1) is 0 Å². The number of benzene rings is 2. The Labute approximate surface area is 233 Å². The summed E-state index contributed by atoms with van der Waals surface area (Å²) in [6.45, 7) is 6.14. The van der Waals surface area contributed by atoms with E-state index in [-0.39, 0.29) is 18.7 Å². The molecule has 1 atom stereocenters. The maximum Gasteiger partial charge on any atom is 0.311 e. The molecule has 0 aromatic heterocycles. The molecule has 2 aromatic carbocycles. The first-order chi connectivity index (χ1) is 18.4. The van der Waals surface area contributed by atoms with E-state index in [2.05, 4.69) is 63.5 Å². The summed E-state index contributed by atoms with van der Waals surface area (Å²) in [4.78, 5) is 12.3. The van der Waals surface area contributed by atoms with Gasteiger partial charge in [-0.25, -0.2) is 0 Å². The number of carbonyl (C=O) groups is 1. The molecular weight excluding hydrogens is 470 g/mol. The van der Waals surface area contributed by atoms with Crippen LogP contribution in [0.5, 0.6) is 5.75 Å². The largest absolute Gasteiger partial charge is 0.487 e. The van der Waals surface area contributed by atoms with Crippen molar-refractivity contribution in [3.8, 4) is 5.75 Å². The summed E-state index contributed by atoms with van der Waals surface area (Å²) in [5.41, 5.74) is 2.60. The normalized spacial score (nSPS) is 12.3. The van der Waals surface area contributed by atoms with Gasteiger partial charge in [0.15, 0.2) is 0 Å². The van der Waals surface area contributed by atoms with E-state index in [1.54, 1.807) is 0 Å². The zero-order chi connectivity index (χ0) is 27.5. The van der Waals surface area contributed by atoms with Crippen LogP contribution in [0.15, 0.2) is 54.6 Å². The van der Waals surface area contributed by atoms with Crippen molar-refractivity contribution in [1.82, 2.24) is 0 Å². The Morgan fingerprint density at radius 2 is 1.39 bits per heavy atom. The van der Waals surface area contributed by atoms with Crippen LogP contribution >= 0.6 is 0 Å². The predicted octanol–water partition coefficient (Wildman–Crippen LogP) is 8.52. The third-order valence-electron chi connectivity index (χ3n) is 7.16. The predicted molar refractivity (Wildman–Crippen MR) is 159 cm³/mol. The number of hydrogen-bond acceptors (Lipinski definition) is 3. The number of quaternary nitrogens is 1. The molecule has 0 aliphatic heterocycles. The van der Waals surface area contributed by atoms with E-state index in [0.29, 0.717) is 6.42 Å². The van der Waals surface area contributed by atoms with Gasteiger partial charge in [0.1, 0.15) is 25.0 Å². The number of hydrogen-bond donors (Lipinski definition) is 0. The highest BCUT2D eigenvalue weighted by Gasteiger charge is 2.19. The van der Waals surface area contributed by atoms with Crippen molar-refractivity contribution in [3.63, 3.8) is 0 Å². The summed E-state index contributed by atoms with van der Waals surface area (Å²) in [7, 11) is 4.30. The molecular formula is C34H54NO3+. The van der Waals surface area contributed by atoms with Crippen molar-refractivity contribution < 1.29 is 18.8 Å². The second-order valence-electron chi connectivity index (χ2n) is 11.6. The molecule has 1 unspecified atom stereocenters. The summed E-state index contributed by atoms with van der Waals surface area (Å²) in [6.07, 6.45) is 16.3. The molecule has 0 saturated heterocycles. The van der Waals surface area contributed by atoms with Crippen LogP contribution in [0.2, 0.25) is 0 Å². The molecule has 0 aliphatic carbocycles. The number of esters is 1. The monoisotopic (exact) mass is 524 g/mol. The van der Waals surface area contributed by atoms with Crippen molar-refractivity contribution in [2.75, 3.05) is 27.2 Å². The van der Waals surface area contributed by atoms with Crippen molar-refractivity contribution in [2.24, 2.45) is 0 Å². The molecule has 0 heterocycles. The maximum atomic E-state index is 12.3. The minimum atomic E-state index is -0.178. The van der Waals surface area contributed by atoms with Gasteiger partial charge in [0.05, 0.1) is 27.1 Å². The third-order valence-corrected chi connectivity index (χ3v) is 7.16. The molecule has 2 rings (SSSR count). The lowest BCUT2D eigenvalue weighted by atomic mass is 10.0. The van der Waals surface area contributed by atoms with Crippen molar-refractivity contribution in [2.45, 2.75) is 110 Å². The van der Waals surface area contributed by atoms with Crippen LogP contribution in [0.1, 0.15) is 102 Å². The first-order valence-electron chi connectivity index (χ1n) is 15.1. The standard InChI is InChI=1S/C34H54NO3/c1-5-6-7-8-9-10-11-12-13-14-16-20-31-23-19-24-33(27-31)38-30(2)29-37-34(36)25-26-35(3,4)28-32-21-17-15-18-22-32/h15,17-19,21-24,27,30H,5-14,16,20,25-26,28-29H2,1-4H3/q+1. The highest BCUT2D eigenvalue weighted by molar-refractivity contribution is 5.69. The fourth-order valence-electron chi connectivity index (χ4n) is 4.87. The van der Waals surface area contributed by atoms with Crippen molar-refractivity contribution >= 4 is 5.97 Å². The van der Waals surface area contributed by atoms with E-state index >= 15 is 0 Å². The molecule has 0 radical (unpaired) electrons. The van der Waals surface area contributed by atoms with Crippen LogP contribution in [0.4, 0.5) is 0 Å². The van der Waals surface area contributed by atoms with Crippen LogP contribution in [-0.2, 0) is 22.5 Å². The van der Waals surface area contributed by atoms with Crippen molar-refractivity contribution in [3.05, 3.63) is 65.7 Å². The van der Waals surface area contributed by atoms with Gasteiger partial charge in [-0.05, 0) is 37.5 Å². The third kappa shape index (κ3) is 15.2. The molecule has 0 spiro atoms. The number of ether oxygens (including phenoxy) is 2. The van der Waals surface area contributed by atoms with Crippen LogP contribution in [0.3, 0.4) is 0 Å². The Morgan fingerprint density at radius 3 is 2.05 bits per heavy atom. The maximum absolute atomic E-state index is 12.3. The van der Waals surface area contributed by atoms with E-state index in [1.807, 2.05) is 19.1 Å². The topological polar surface area (TPSA) is 35.5 Å².